The molecule has 258 valence electrons. The maximum absolute atomic E-state index is 13.6. The van der Waals surface area contributed by atoms with Crippen LogP contribution in [0, 0.1) is 5.92 Å². The Hall–Kier alpha value is -3.37. The number of nitrogens with one attached hydrogen (secondary N) is 2. The van der Waals surface area contributed by atoms with E-state index >= 15 is 0 Å². The molecule has 0 radical (unpaired) electrons. The molecule has 0 aliphatic rings. The van der Waals surface area contributed by atoms with Crippen LogP contribution in [-0.4, -0.2) is 63.9 Å². The molecule has 3 aromatic carbocycles. The monoisotopic (exact) mass is 687 g/mol. The average molecular weight is 688 g/mol. The van der Waals surface area contributed by atoms with Crippen molar-refractivity contribution in [2.45, 2.75) is 70.3 Å². The third-order valence-electron chi connectivity index (χ3n) is 7.04. The molecule has 0 aromatic heterocycles. The first-order valence-corrected chi connectivity index (χ1v) is 19.5. The zero-order valence-corrected chi connectivity index (χ0v) is 30.3. The van der Waals surface area contributed by atoms with Crippen molar-refractivity contribution in [3.8, 4) is 5.75 Å². The zero-order chi connectivity index (χ0) is 34.7. The Morgan fingerprint density at radius 1 is 0.936 bits per heavy atom. The number of hydrogen-bond acceptors (Lipinski definition) is 8. The summed E-state index contributed by atoms with van der Waals surface area (Å²) in [5.74, 6) is 0.652. The SMILES string of the molecule is COc1ccc(S(=O)(=O)N(CC[C@H](CNc2ccc(CP(C)(=O)OCc3ccccc3)cc2)NC(=O)OC(C)(C)C)CC(C)C)cc1. The third-order valence-corrected chi connectivity index (χ3v) is 10.5. The van der Waals surface area contributed by atoms with E-state index in [2.05, 4.69) is 10.6 Å². The highest BCUT2D eigenvalue weighted by Crippen LogP contribution is 2.47. The summed E-state index contributed by atoms with van der Waals surface area (Å²) in [7, 11) is -5.14. The van der Waals surface area contributed by atoms with Crippen molar-refractivity contribution < 1.29 is 31.8 Å². The Balaban J connectivity index is 1.68. The third kappa shape index (κ3) is 13.3. The van der Waals surface area contributed by atoms with Gasteiger partial charge in [-0.15, -0.1) is 0 Å². The quantitative estimate of drug-likeness (QED) is 0.141. The van der Waals surface area contributed by atoms with Crippen LogP contribution in [0.25, 0.3) is 0 Å². The summed E-state index contributed by atoms with van der Waals surface area (Å²) in [4.78, 5) is 12.9. The lowest BCUT2D eigenvalue weighted by molar-refractivity contribution is 0.0503. The molecule has 0 spiro atoms. The van der Waals surface area contributed by atoms with Crippen LogP contribution in [0.3, 0.4) is 0 Å². The van der Waals surface area contributed by atoms with Crippen molar-refractivity contribution in [1.82, 2.24) is 9.62 Å². The molecule has 0 fully saturated rings. The van der Waals surface area contributed by atoms with Gasteiger partial charge in [-0.25, -0.2) is 13.2 Å². The number of anilines is 1. The largest absolute Gasteiger partial charge is 0.497 e. The van der Waals surface area contributed by atoms with Crippen LogP contribution in [0.5, 0.6) is 5.75 Å². The maximum atomic E-state index is 13.6. The van der Waals surface area contributed by atoms with Crippen LogP contribution in [0.15, 0.2) is 83.8 Å². The Labute approximate surface area is 280 Å². The molecule has 2 N–H and O–H groups in total. The lowest BCUT2D eigenvalue weighted by Gasteiger charge is -2.28. The summed E-state index contributed by atoms with van der Waals surface area (Å²) in [6, 6.07) is 23.1. The molecule has 3 aromatic rings. The second-order valence-electron chi connectivity index (χ2n) is 13.1. The van der Waals surface area contributed by atoms with E-state index < -0.39 is 35.1 Å². The highest BCUT2D eigenvalue weighted by Gasteiger charge is 2.27. The molecule has 47 heavy (non-hydrogen) atoms. The van der Waals surface area contributed by atoms with Crippen LogP contribution < -0.4 is 15.4 Å². The minimum Gasteiger partial charge on any atom is -0.497 e. The number of benzene rings is 3. The first-order chi connectivity index (χ1) is 22.1. The van der Waals surface area contributed by atoms with Gasteiger partial charge in [0.05, 0.1) is 24.7 Å². The summed E-state index contributed by atoms with van der Waals surface area (Å²) in [5.41, 5.74) is 1.95. The number of rotatable bonds is 17. The number of sulfonamides is 1. The Kier molecular flexibility index (Phi) is 13.9. The number of hydrogen-bond donors (Lipinski definition) is 2. The molecule has 0 saturated carbocycles. The molecule has 12 heteroatoms. The molecule has 10 nitrogen and oxygen atoms in total. The van der Waals surface area contributed by atoms with Crippen LogP contribution in [0.4, 0.5) is 10.5 Å². The van der Waals surface area contributed by atoms with Gasteiger partial charge in [0, 0.05) is 38.1 Å². The maximum Gasteiger partial charge on any atom is 0.407 e. The fourth-order valence-corrected chi connectivity index (χ4v) is 7.75. The van der Waals surface area contributed by atoms with E-state index in [1.54, 1.807) is 39.6 Å². The molecule has 0 saturated heterocycles. The minimum atomic E-state index is -3.80. The second kappa shape index (κ2) is 17.2. The van der Waals surface area contributed by atoms with Gasteiger partial charge in [-0.1, -0.05) is 56.3 Å². The first kappa shape index (κ1) is 38.1. The molecule has 1 unspecified atom stereocenters. The normalized spacial score (nSPS) is 14.0. The zero-order valence-electron chi connectivity index (χ0n) is 28.6. The van der Waals surface area contributed by atoms with Gasteiger partial charge in [-0.2, -0.15) is 4.31 Å². The van der Waals surface area contributed by atoms with E-state index in [0.717, 1.165) is 16.8 Å². The van der Waals surface area contributed by atoms with Crippen molar-refractivity contribution in [2.24, 2.45) is 5.92 Å². The van der Waals surface area contributed by atoms with E-state index in [9.17, 15) is 17.8 Å². The number of carbonyl (C=O) groups excluding carboxylic acids is 1. The topological polar surface area (TPSA) is 123 Å². The predicted octanol–water partition coefficient (Wildman–Crippen LogP) is 7.36. The fraction of sp³-hybridized carbons (Fsp3) is 0.457. The Bertz CT molecular complexity index is 1560. The first-order valence-electron chi connectivity index (χ1n) is 15.8. The Morgan fingerprint density at radius 2 is 1.57 bits per heavy atom. The molecule has 2 atom stereocenters. The molecule has 1 amide bonds. The molecule has 0 heterocycles. The number of alkyl carbamates (subject to hydrolysis) is 1. The van der Waals surface area contributed by atoms with Crippen LogP contribution in [-0.2, 0) is 36.6 Å². The van der Waals surface area contributed by atoms with E-state index in [4.69, 9.17) is 14.0 Å². The summed E-state index contributed by atoms with van der Waals surface area (Å²) >= 11 is 0. The number of amides is 1. The van der Waals surface area contributed by atoms with Gasteiger partial charge in [0.2, 0.25) is 17.4 Å². The van der Waals surface area contributed by atoms with Gasteiger partial charge in [-0.3, -0.25) is 4.57 Å². The van der Waals surface area contributed by atoms with Crippen LogP contribution in [0.1, 0.15) is 52.2 Å². The molecule has 0 bridgehead atoms. The van der Waals surface area contributed by atoms with E-state index in [0.29, 0.717) is 31.4 Å². The highest BCUT2D eigenvalue weighted by molar-refractivity contribution is 7.89. The highest BCUT2D eigenvalue weighted by atomic mass is 32.2. The lowest BCUT2D eigenvalue weighted by Crippen LogP contribution is -2.45. The number of carbonyl (C=O) groups is 1. The van der Waals surface area contributed by atoms with Crippen molar-refractivity contribution >= 4 is 29.2 Å². The van der Waals surface area contributed by atoms with Crippen molar-refractivity contribution in [2.75, 3.05) is 38.7 Å². The van der Waals surface area contributed by atoms with Gasteiger partial charge in [0.1, 0.15) is 11.4 Å². The van der Waals surface area contributed by atoms with Crippen molar-refractivity contribution in [1.29, 1.82) is 0 Å². The van der Waals surface area contributed by atoms with Crippen molar-refractivity contribution in [3.63, 3.8) is 0 Å². The summed E-state index contributed by atoms with van der Waals surface area (Å²) in [5, 5.41) is 6.26. The minimum absolute atomic E-state index is 0.0825. The Morgan fingerprint density at radius 3 is 2.15 bits per heavy atom. The van der Waals surface area contributed by atoms with Gasteiger partial charge in [0.15, 0.2) is 0 Å². The van der Waals surface area contributed by atoms with E-state index in [-0.39, 0.29) is 24.0 Å². The van der Waals surface area contributed by atoms with E-state index in [1.165, 1.54) is 23.5 Å². The molecule has 0 aliphatic heterocycles. The second-order valence-corrected chi connectivity index (χ2v) is 17.6. The van der Waals surface area contributed by atoms with Crippen molar-refractivity contribution in [3.05, 3.63) is 90.0 Å². The summed E-state index contributed by atoms with van der Waals surface area (Å²) in [6.07, 6.45) is 0.0591. The smallest absolute Gasteiger partial charge is 0.407 e. The average Bonchev–Trinajstić information content (AvgIpc) is 3.00. The van der Waals surface area contributed by atoms with Gasteiger partial charge in [0.25, 0.3) is 0 Å². The number of methoxy groups -OCH3 is 1. The van der Waals surface area contributed by atoms with Crippen LogP contribution in [0.2, 0.25) is 0 Å². The van der Waals surface area contributed by atoms with Gasteiger partial charge in [-0.05, 0) is 80.6 Å². The molecular weight excluding hydrogens is 637 g/mol. The lowest BCUT2D eigenvalue weighted by atomic mass is 10.1. The van der Waals surface area contributed by atoms with Gasteiger partial charge < -0.3 is 24.6 Å². The number of ether oxygens (including phenoxy) is 2. The standard InChI is InChI=1S/C35H50N3O7PS/c1-27(2)24-38(47(41,42)33-19-17-32(43-6)18-20-33)22-21-31(37-34(39)45-35(3,4)5)23-36-30-15-13-29(14-16-30)26-46(7,40)44-25-28-11-9-8-10-12-28/h8-20,27,31,36H,21-26H2,1-7H3,(H,37,39)/t31-,46?/m1/s1. The molecule has 0 aliphatic carbocycles. The number of nitrogens with zero attached hydrogens (tertiary/aromatic N) is 1. The fourth-order valence-electron chi connectivity index (χ4n) is 4.74. The predicted molar refractivity (Wildman–Crippen MR) is 188 cm³/mol. The van der Waals surface area contributed by atoms with Crippen LogP contribution >= 0.6 is 7.37 Å². The molecular formula is C35H50N3O7PS. The van der Waals surface area contributed by atoms with Gasteiger partial charge >= 0.3 is 6.09 Å². The summed E-state index contributed by atoms with van der Waals surface area (Å²) < 4.78 is 58.3. The van der Waals surface area contributed by atoms with E-state index in [1.807, 2.05) is 68.4 Å². The summed E-state index contributed by atoms with van der Waals surface area (Å²) in [6.45, 7) is 12.0. The molecule has 3 rings (SSSR count).